The molecule has 1 aromatic carbocycles. The Kier molecular flexibility index (Phi) is 6.74. The molecule has 1 rings (SSSR count). The summed E-state index contributed by atoms with van der Waals surface area (Å²) in [7, 11) is 0. The Morgan fingerprint density at radius 2 is 1.95 bits per heavy atom. The highest BCUT2D eigenvalue weighted by atomic mass is 35.5. The molecule has 0 fully saturated rings. The Balaban J connectivity index is 2.69. The second-order valence-corrected chi connectivity index (χ2v) is 3.90. The van der Waals surface area contributed by atoms with Gasteiger partial charge in [-0.3, -0.25) is 0 Å². The molecule has 0 aliphatic heterocycles. The van der Waals surface area contributed by atoms with Crippen LogP contribution < -0.4 is 5.32 Å². The Labute approximate surface area is 116 Å². The first-order valence-electron chi connectivity index (χ1n) is 5.87. The zero-order valence-corrected chi connectivity index (χ0v) is 11.4. The van der Waals surface area contributed by atoms with Crippen molar-refractivity contribution in [1.29, 1.82) is 0 Å². The zero-order chi connectivity index (χ0) is 14.1. The lowest BCUT2D eigenvalue weighted by atomic mass is 10.1. The summed E-state index contributed by atoms with van der Waals surface area (Å²) in [6.07, 6.45) is -0.416. The lowest BCUT2D eigenvalue weighted by Crippen LogP contribution is -2.43. The van der Waals surface area contributed by atoms with Gasteiger partial charge in [-0.25, -0.2) is 9.59 Å². The maximum absolute atomic E-state index is 11.8. The van der Waals surface area contributed by atoms with E-state index in [0.29, 0.717) is 6.42 Å². The van der Waals surface area contributed by atoms with Crippen molar-refractivity contribution in [2.75, 3.05) is 12.7 Å². The molecule has 0 aromatic heterocycles. The molecule has 1 atom stereocenters. The number of halogens is 1. The summed E-state index contributed by atoms with van der Waals surface area (Å²) in [6, 6.07) is 8.24. The van der Waals surface area contributed by atoms with Crippen LogP contribution in [0.2, 0.25) is 0 Å². The number of carbonyl (C=O) groups is 2. The zero-order valence-electron chi connectivity index (χ0n) is 10.6. The van der Waals surface area contributed by atoms with E-state index < -0.39 is 18.1 Å². The van der Waals surface area contributed by atoms with Crippen molar-refractivity contribution >= 4 is 23.7 Å². The second kappa shape index (κ2) is 8.37. The van der Waals surface area contributed by atoms with E-state index in [0.717, 1.165) is 5.56 Å². The summed E-state index contributed by atoms with van der Waals surface area (Å²) in [4.78, 5) is 23.1. The average molecular weight is 286 g/mol. The highest BCUT2D eigenvalue weighted by Crippen LogP contribution is 2.05. The van der Waals surface area contributed by atoms with Gasteiger partial charge in [0.1, 0.15) is 6.04 Å². The van der Waals surface area contributed by atoms with Crippen LogP contribution in [0.4, 0.5) is 4.79 Å². The summed E-state index contributed by atoms with van der Waals surface area (Å²) in [5, 5.41) is 2.43. The molecule has 0 bridgehead atoms. The van der Waals surface area contributed by atoms with Gasteiger partial charge in [0.25, 0.3) is 0 Å². The van der Waals surface area contributed by atoms with Crippen LogP contribution in [0.1, 0.15) is 12.5 Å². The molecule has 5 nitrogen and oxygen atoms in total. The van der Waals surface area contributed by atoms with Gasteiger partial charge in [0.2, 0.25) is 0 Å². The molecule has 6 heteroatoms. The molecule has 0 saturated carbocycles. The minimum Gasteiger partial charge on any atom is -0.464 e. The topological polar surface area (TPSA) is 64.6 Å². The molecule has 0 spiro atoms. The second-order valence-electron chi connectivity index (χ2n) is 3.68. The number of hydrogen-bond acceptors (Lipinski definition) is 4. The molecule has 0 aliphatic carbocycles. The lowest BCUT2D eigenvalue weighted by molar-refractivity contribution is -0.145. The third-order valence-electron chi connectivity index (χ3n) is 2.33. The number of rotatable bonds is 6. The number of amides is 1. The fraction of sp³-hybridized carbons (Fsp3) is 0.385. The van der Waals surface area contributed by atoms with E-state index in [9.17, 15) is 9.59 Å². The first-order chi connectivity index (χ1) is 9.17. The monoisotopic (exact) mass is 285 g/mol. The molecule has 104 valence electrons. The molecular weight excluding hydrogens is 270 g/mol. The molecule has 0 aliphatic rings. The van der Waals surface area contributed by atoms with Crippen LogP contribution in [0.5, 0.6) is 0 Å². The van der Waals surface area contributed by atoms with Crippen molar-refractivity contribution < 1.29 is 19.1 Å². The molecule has 1 N–H and O–H groups in total. The SMILES string of the molecule is CCOC(=O)C(Cc1ccccc1)NC(=O)OCCl. The quantitative estimate of drug-likeness (QED) is 0.642. The molecule has 0 saturated heterocycles. The van der Waals surface area contributed by atoms with Gasteiger partial charge in [-0.2, -0.15) is 0 Å². The van der Waals surface area contributed by atoms with Crippen molar-refractivity contribution in [3.05, 3.63) is 35.9 Å². The minimum atomic E-state index is -0.793. The summed E-state index contributed by atoms with van der Waals surface area (Å²) in [5.74, 6) is -0.502. The Morgan fingerprint density at radius 1 is 1.26 bits per heavy atom. The smallest absolute Gasteiger partial charge is 0.409 e. The van der Waals surface area contributed by atoms with Gasteiger partial charge < -0.3 is 14.8 Å². The molecule has 0 radical (unpaired) electrons. The molecule has 1 aromatic rings. The predicted octanol–water partition coefficient (Wildman–Crippen LogP) is 2.08. The number of alkyl halides is 1. The van der Waals surface area contributed by atoms with Crippen LogP contribution >= 0.6 is 11.6 Å². The van der Waals surface area contributed by atoms with E-state index in [4.69, 9.17) is 16.3 Å². The van der Waals surface area contributed by atoms with Gasteiger partial charge in [0.05, 0.1) is 6.61 Å². The molecule has 1 amide bonds. The maximum atomic E-state index is 11.8. The number of ether oxygens (including phenoxy) is 2. The van der Waals surface area contributed by atoms with Crippen molar-refractivity contribution in [3.8, 4) is 0 Å². The summed E-state index contributed by atoms with van der Waals surface area (Å²) >= 11 is 5.28. The minimum absolute atomic E-state index is 0.246. The van der Waals surface area contributed by atoms with Gasteiger partial charge in [0.15, 0.2) is 6.07 Å². The molecule has 19 heavy (non-hydrogen) atoms. The van der Waals surface area contributed by atoms with E-state index >= 15 is 0 Å². The summed E-state index contributed by atoms with van der Waals surface area (Å²) in [5.41, 5.74) is 0.909. The fourth-order valence-corrected chi connectivity index (χ4v) is 1.62. The van der Waals surface area contributed by atoms with Gasteiger partial charge in [-0.1, -0.05) is 41.9 Å². The van der Waals surface area contributed by atoms with E-state index in [1.54, 1.807) is 6.92 Å². The predicted molar refractivity (Wildman–Crippen MR) is 70.9 cm³/mol. The fourth-order valence-electron chi connectivity index (χ4n) is 1.52. The van der Waals surface area contributed by atoms with E-state index in [2.05, 4.69) is 10.1 Å². The Morgan fingerprint density at radius 3 is 2.53 bits per heavy atom. The normalized spacial score (nSPS) is 11.5. The van der Waals surface area contributed by atoms with Gasteiger partial charge in [-0.05, 0) is 12.5 Å². The number of nitrogens with one attached hydrogen (secondary N) is 1. The van der Waals surface area contributed by atoms with Crippen molar-refractivity contribution in [2.24, 2.45) is 0 Å². The summed E-state index contributed by atoms with van der Waals surface area (Å²) in [6.45, 7) is 1.95. The average Bonchev–Trinajstić information content (AvgIpc) is 2.40. The van der Waals surface area contributed by atoms with E-state index in [1.807, 2.05) is 30.3 Å². The number of hydrogen-bond donors (Lipinski definition) is 1. The first-order valence-corrected chi connectivity index (χ1v) is 6.40. The van der Waals surface area contributed by atoms with Crippen molar-refractivity contribution in [1.82, 2.24) is 5.32 Å². The van der Waals surface area contributed by atoms with Gasteiger partial charge in [0, 0.05) is 6.42 Å². The number of esters is 1. The lowest BCUT2D eigenvalue weighted by Gasteiger charge is -2.16. The molecule has 1 unspecified atom stereocenters. The third kappa shape index (κ3) is 5.61. The highest BCUT2D eigenvalue weighted by Gasteiger charge is 2.22. The Hall–Kier alpha value is -1.75. The van der Waals surface area contributed by atoms with Crippen LogP contribution in [0.15, 0.2) is 30.3 Å². The number of alkyl carbamates (subject to hydrolysis) is 1. The number of benzene rings is 1. The largest absolute Gasteiger partial charge is 0.464 e. The standard InChI is InChI=1S/C13H16ClNO4/c1-2-18-12(16)11(15-13(17)19-9-14)8-10-6-4-3-5-7-10/h3-7,11H,2,8-9H2,1H3,(H,15,17). The van der Waals surface area contributed by atoms with E-state index in [-0.39, 0.29) is 12.7 Å². The maximum Gasteiger partial charge on any atom is 0.409 e. The first kappa shape index (κ1) is 15.3. The van der Waals surface area contributed by atoms with Crippen molar-refractivity contribution in [3.63, 3.8) is 0 Å². The van der Waals surface area contributed by atoms with Crippen molar-refractivity contribution in [2.45, 2.75) is 19.4 Å². The highest BCUT2D eigenvalue weighted by molar-refractivity contribution is 6.17. The van der Waals surface area contributed by atoms with Crippen LogP contribution in [-0.2, 0) is 20.7 Å². The third-order valence-corrected chi connectivity index (χ3v) is 2.44. The van der Waals surface area contributed by atoms with Gasteiger partial charge >= 0.3 is 12.1 Å². The number of carbonyl (C=O) groups excluding carboxylic acids is 2. The Bertz CT molecular complexity index is 410. The molecule has 0 heterocycles. The van der Waals surface area contributed by atoms with Crippen LogP contribution in [-0.4, -0.2) is 30.8 Å². The van der Waals surface area contributed by atoms with Gasteiger partial charge in [-0.15, -0.1) is 0 Å². The summed E-state index contributed by atoms with van der Waals surface area (Å²) < 4.78 is 9.46. The van der Waals surface area contributed by atoms with Crippen LogP contribution in [0.3, 0.4) is 0 Å². The van der Waals surface area contributed by atoms with Crippen LogP contribution in [0, 0.1) is 0 Å². The molecular formula is C13H16ClNO4. The van der Waals surface area contributed by atoms with E-state index in [1.165, 1.54) is 0 Å². The van der Waals surface area contributed by atoms with Crippen LogP contribution in [0.25, 0.3) is 0 Å².